The van der Waals surface area contributed by atoms with Crippen LogP contribution in [0.25, 0.3) is 0 Å². The molecule has 1 rings (SSSR count). The maximum atomic E-state index is 10.6. The zero-order valence-electron chi connectivity index (χ0n) is 10.4. The highest BCUT2D eigenvalue weighted by molar-refractivity contribution is 5.85. The number of carboxylic acid groups (broad SMARTS) is 1. The largest absolute Gasteiger partial charge is 0.493 e. The van der Waals surface area contributed by atoms with Crippen LogP contribution in [0.15, 0.2) is 18.2 Å². The van der Waals surface area contributed by atoms with Gasteiger partial charge in [0.15, 0.2) is 11.5 Å². The molecule has 1 atom stereocenters. The molecule has 0 amide bonds. The molecule has 0 fully saturated rings. The van der Waals surface area contributed by atoms with E-state index in [-0.39, 0.29) is 18.8 Å². The normalized spacial score (nSPS) is 11.3. The van der Waals surface area contributed by atoms with Crippen molar-refractivity contribution in [3.63, 3.8) is 0 Å². The van der Waals surface area contributed by atoms with Gasteiger partial charge in [-0.15, -0.1) is 12.4 Å². The summed E-state index contributed by atoms with van der Waals surface area (Å²) in [5.74, 6) is 0.262. The number of halogens is 1. The van der Waals surface area contributed by atoms with Gasteiger partial charge in [0.2, 0.25) is 0 Å². The van der Waals surface area contributed by atoms with E-state index in [0.29, 0.717) is 18.1 Å². The Hall–Kier alpha value is -1.46. The molecule has 3 N–H and O–H groups in total. The fourth-order valence-electron chi connectivity index (χ4n) is 1.50. The van der Waals surface area contributed by atoms with Crippen molar-refractivity contribution in [3.8, 4) is 11.5 Å². The van der Waals surface area contributed by atoms with E-state index in [0.717, 1.165) is 5.56 Å². The predicted octanol–water partition coefficient (Wildman–Crippen LogP) is 1.99. The average Bonchev–Trinajstić information content (AvgIpc) is 2.28. The van der Waals surface area contributed by atoms with Crippen LogP contribution in [0.2, 0.25) is 0 Å². The topological polar surface area (TPSA) is 81.8 Å². The number of methoxy groups -OCH3 is 1. The SMILES string of the molecule is CCOc1cc(C(N)CC(=O)O)ccc1OC.Cl. The monoisotopic (exact) mass is 275 g/mol. The van der Waals surface area contributed by atoms with Gasteiger partial charge < -0.3 is 20.3 Å². The van der Waals surface area contributed by atoms with E-state index >= 15 is 0 Å². The number of hydrogen-bond acceptors (Lipinski definition) is 4. The van der Waals surface area contributed by atoms with Gasteiger partial charge >= 0.3 is 5.97 Å². The summed E-state index contributed by atoms with van der Waals surface area (Å²) in [5, 5.41) is 8.68. The fraction of sp³-hybridized carbons (Fsp3) is 0.417. The first kappa shape index (κ1) is 16.5. The van der Waals surface area contributed by atoms with Gasteiger partial charge in [-0.25, -0.2) is 0 Å². The van der Waals surface area contributed by atoms with Gasteiger partial charge in [-0.05, 0) is 24.6 Å². The maximum Gasteiger partial charge on any atom is 0.305 e. The number of ether oxygens (including phenoxy) is 2. The second-order valence-corrected chi connectivity index (χ2v) is 3.55. The molecule has 1 aromatic rings. The van der Waals surface area contributed by atoms with Gasteiger partial charge in [0.1, 0.15) is 0 Å². The fourth-order valence-corrected chi connectivity index (χ4v) is 1.50. The third-order valence-corrected chi connectivity index (χ3v) is 2.31. The first-order chi connectivity index (χ1) is 8.08. The lowest BCUT2D eigenvalue weighted by Gasteiger charge is -2.14. The molecule has 18 heavy (non-hydrogen) atoms. The number of carbonyl (C=O) groups is 1. The zero-order valence-corrected chi connectivity index (χ0v) is 11.2. The third kappa shape index (κ3) is 4.43. The smallest absolute Gasteiger partial charge is 0.305 e. The van der Waals surface area contributed by atoms with Crippen molar-refractivity contribution in [1.82, 2.24) is 0 Å². The summed E-state index contributed by atoms with van der Waals surface area (Å²) in [6.07, 6.45) is -0.113. The maximum absolute atomic E-state index is 10.6. The van der Waals surface area contributed by atoms with Gasteiger partial charge in [0, 0.05) is 6.04 Å². The van der Waals surface area contributed by atoms with Crippen molar-refractivity contribution in [2.75, 3.05) is 13.7 Å². The summed E-state index contributed by atoms with van der Waals surface area (Å²) in [4.78, 5) is 10.6. The van der Waals surface area contributed by atoms with Crippen molar-refractivity contribution in [2.45, 2.75) is 19.4 Å². The van der Waals surface area contributed by atoms with Crippen LogP contribution in [0, 0.1) is 0 Å². The second-order valence-electron chi connectivity index (χ2n) is 3.55. The second kappa shape index (κ2) is 7.79. The Morgan fingerprint density at radius 2 is 2.11 bits per heavy atom. The molecule has 0 saturated heterocycles. The molecule has 0 aliphatic heterocycles. The number of hydrogen-bond donors (Lipinski definition) is 2. The van der Waals surface area contributed by atoms with Crippen LogP contribution < -0.4 is 15.2 Å². The molecule has 1 aromatic carbocycles. The Labute approximate surface area is 112 Å². The van der Waals surface area contributed by atoms with Crippen LogP contribution in [0.3, 0.4) is 0 Å². The zero-order chi connectivity index (χ0) is 12.8. The summed E-state index contributed by atoms with van der Waals surface area (Å²) in [6.45, 7) is 2.37. The molecule has 6 heteroatoms. The summed E-state index contributed by atoms with van der Waals surface area (Å²) in [5.41, 5.74) is 6.49. The van der Waals surface area contributed by atoms with E-state index in [1.807, 2.05) is 6.92 Å². The van der Waals surface area contributed by atoms with Crippen molar-refractivity contribution in [3.05, 3.63) is 23.8 Å². The van der Waals surface area contributed by atoms with E-state index in [1.165, 1.54) is 0 Å². The third-order valence-electron chi connectivity index (χ3n) is 2.31. The van der Waals surface area contributed by atoms with E-state index in [9.17, 15) is 4.79 Å². The molecule has 102 valence electrons. The highest BCUT2D eigenvalue weighted by atomic mass is 35.5. The summed E-state index contributed by atoms with van der Waals surface area (Å²) in [6, 6.07) is 4.64. The van der Waals surface area contributed by atoms with Crippen LogP contribution in [-0.4, -0.2) is 24.8 Å². The van der Waals surface area contributed by atoms with Crippen molar-refractivity contribution < 1.29 is 19.4 Å². The van der Waals surface area contributed by atoms with E-state index in [4.69, 9.17) is 20.3 Å². The van der Waals surface area contributed by atoms with Crippen LogP contribution in [0.4, 0.5) is 0 Å². The van der Waals surface area contributed by atoms with Gasteiger partial charge in [0.05, 0.1) is 20.1 Å². The number of nitrogens with two attached hydrogens (primary N) is 1. The lowest BCUT2D eigenvalue weighted by Crippen LogP contribution is -2.15. The summed E-state index contributed by atoms with van der Waals surface area (Å²) in [7, 11) is 1.55. The predicted molar refractivity (Wildman–Crippen MR) is 70.6 cm³/mol. The van der Waals surface area contributed by atoms with E-state index in [2.05, 4.69) is 0 Å². The minimum Gasteiger partial charge on any atom is -0.493 e. The van der Waals surface area contributed by atoms with Gasteiger partial charge in [-0.2, -0.15) is 0 Å². The summed E-state index contributed by atoms with van der Waals surface area (Å²) < 4.78 is 10.5. The Morgan fingerprint density at radius 1 is 1.44 bits per heavy atom. The number of carboxylic acids is 1. The molecule has 0 bridgehead atoms. The Bertz CT molecular complexity index is 398. The van der Waals surface area contributed by atoms with Crippen LogP contribution >= 0.6 is 12.4 Å². The molecule has 0 saturated carbocycles. The molecule has 5 nitrogen and oxygen atoms in total. The Morgan fingerprint density at radius 3 is 2.61 bits per heavy atom. The number of benzene rings is 1. The van der Waals surface area contributed by atoms with Gasteiger partial charge in [0.25, 0.3) is 0 Å². The molecule has 0 aromatic heterocycles. The molecule has 0 spiro atoms. The van der Waals surface area contributed by atoms with Crippen molar-refractivity contribution in [2.24, 2.45) is 5.73 Å². The number of aliphatic carboxylic acids is 1. The molecule has 0 aliphatic rings. The lowest BCUT2D eigenvalue weighted by molar-refractivity contribution is -0.137. The molecular weight excluding hydrogens is 258 g/mol. The number of rotatable bonds is 6. The highest BCUT2D eigenvalue weighted by Crippen LogP contribution is 2.30. The van der Waals surface area contributed by atoms with Crippen molar-refractivity contribution in [1.29, 1.82) is 0 Å². The van der Waals surface area contributed by atoms with Gasteiger partial charge in [-0.1, -0.05) is 6.07 Å². The first-order valence-electron chi connectivity index (χ1n) is 5.36. The van der Waals surface area contributed by atoms with Crippen LogP contribution in [0.1, 0.15) is 24.9 Å². The van der Waals surface area contributed by atoms with E-state index < -0.39 is 12.0 Å². The highest BCUT2D eigenvalue weighted by Gasteiger charge is 2.13. The van der Waals surface area contributed by atoms with Gasteiger partial charge in [-0.3, -0.25) is 4.79 Å². The molecule has 0 heterocycles. The Kier molecular flexibility index (Phi) is 7.16. The Balaban J connectivity index is 0.00000289. The first-order valence-corrected chi connectivity index (χ1v) is 5.36. The summed E-state index contributed by atoms with van der Waals surface area (Å²) >= 11 is 0. The molecule has 0 aliphatic carbocycles. The van der Waals surface area contributed by atoms with Crippen LogP contribution in [0.5, 0.6) is 11.5 Å². The minimum absolute atomic E-state index is 0. The quantitative estimate of drug-likeness (QED) is 0.830. The molecular formula is C12H18ClNO4. The molecule has 0 radical (unpaired) electrons. The standard InChI is InChI=1S/C12H17NO4.ClH/c1-3-17-11-6-8(4-5-10(11)16-2)9(13)7-12(14)15;/h4-6,9H,3,7,13H2,1-2H3,(H,14,15);1H. The molecule has 1 unspecified atom stereocenters. The lowest BCUT2D eigenvalue weighted by atomic mass is 10.0. The average molecular weight is 276 g/mol. The van der Waals surface area contributed by atoms with Crippen LogP contribution in [-0.2, 0) is 4.79 Å². The van der Waals surface area contributed by atoms with Crippen molar-refractivity contribution >= 4 is 18.4 Å². The van der Waals surface area contributed by atoms with E-state index in [1.54, 1.807) is 25.3 Å². The minimum atomic E-state index is -0.925.